The summed E-state index contributed by atoms with van der Waals surface area (Å²) in [7, 11) is 0. The zero-order valence-corrected chi connectivity index (χ0v) is 15.0. The third-order valence-electron chi connectivity index (χ3n) is 3.57. The summed E-state index contributed by atoms with van der Waals surface area (Å²) >= 11 is 1.53. The Bertz CT molecular complexity index is 650. The minimum absolute atomic E-state index is 0.148. The second-order valence-electron chi connectivity index (χ2n) is 6.14. The number of carboxylic acids is 1. The molecule has 136 valence electrons. The fourth-order valence-corrected chi connectivity index (χ4v) is 3.47. The summed E-state index contributed by atoms with van der Waals surface area (Å²) < 4.78 is 5.11. The van der Waals surface area contributed by atoms with Crippen LogP contribution < -0.4 is 10.1 Å². The average Bonchev–Trinajstić information content (AvgIpc) is 3.07. The van der Waals surface area contributed by atoms with Crippen molar-refractivity contribution in [2.75, 3.05) is 24.8 Å². The van der Waals surface area contributed by atoms with Crippen LogP contribution in [0.25, 0.3) is 0 Å². The molecule has 0 aliphatic carbocycles. The maximum absolute atomic E-state index is 12.8. The number of nitrogens with zero attached hydrogens (tertiary/aromatic N) is 1. The van der Waals surface area contributed by atoms with E-state index in [1.807, 2.05) is 13.8 Å². The Labute approximate surface area is 150 Å². The molecule has 7 nitrogen and oxygen atoms in total. The van der Waals surface area contributed by atoms with Crippen LogP contribution in [0.5, 0.6) is 5.75 Å². The quantitative estimate of drug-likeness (QED) is 0.758. The van der Waals surface area contributed by atoms with Crippen LogP contribution in [-0.2, 0) is 9.59 Å². The number of nitrogens with one attached hydrogen (secondary N) is 1. The molecular weight excluding hydrogens is 344 g/mol. The summed E-state index contributed by atoms with van der Waals surface area (Å²) in [5.74, 6) is 0.144. The minimum Gasteiger partial charge on any atom is -0.482 e. The highest BCUT2D eigenvalue weighted by atomic mass is 32.2. The van der Waals surface area contributed by atoms with Gasteiger partial charge in [0.1, 0.15) is 11.8 Å². The zero-order chi connectivity index (χ0) is 18.4. The van der Waals surface area contributed by atoms with E-state index in [4.69, 9.17) is 9.84 Å². The second-order valence-corrected chi connectivity index (χ2v) is 7.14. The standard InChI is InChI=1S/C17H22N2O5S/c1-11(2)7-18-16(22)14-9-25-10-19(14)17(23)12-4-3-5-13(6-12)24-8-15(20)21/h3-6,11,14H,7-10H2,1-2H3,(H,18,22)(H,20,21). The fourth-order valence-electron chi connectivity index (χ4n) is 2.31. The van der Waals surface area contributed by atoms with Crippen molar-refractivity contribution in [2.45, 2.75) is 19.9 Å². The van der Waals surface area contributed by atoms with Crippen LogP contribution in [0.15, 0.2) is 24.3 Å². The summed E-state index contributed by atoms with van der Waals surface area (Å²) in [6.07, 6.45) is 0. The molecule has 1 atom stereocenters. The molecule has 1 aromatic carbocycles. The van der Waals surface area contributed by atoms with E-state index in [-0.39, 0.29) is 11.8 Å². The Morgan fingerprint density at radius 3 is 2.84 bits per heavy atom. The normalized spacial score (nSPS) is 16.8. The van der Waals surface area contributed by atoms with E-state index in [0.717, 1.165) is 0 Å². The Morgan fingerprint density at radius 1 is 1.40 bits per heavy atom. The highest BCUT2D eigenvalue weighted by molar-refractivity contribution is 7.99. The number of carbonyl (C=O) groups excluding carboxylic acids is 2. The first-order valence-electron chi connectivity index (χ1n) is 7.99. The van der Waals surface area contributed by atoms with Crippen molar-refractivity contribution in [3.63, 3.8) is 0 Å². The van der Waals surface area contributed by atoms with Crippen molar-refractivity contribution in [3.05, 3.63) is 29.8 Å². The van der Waals surface area contributed by atoms with Gasteiger partial charge in [0.25, 0.3) is 5.91 Å². The van der Waals surface area contributed by atoms with Crippen LogP contribution in [0, 0.1) is 5.92 Å². The van der Waals surface area contributed by atoms with E-state index in [1.54, 1.807) is 18.2 Å². The molecule has 0 radical (unpaired) electrons. The first kappa shape index (κ1) is 19.1. The summed E-state index contributed by atoms with van der Waals surface area (Å²) in [6.45, 7) is 4.11. The lowest BCUT2D eigenvalue weighted by molar-refractivity contribution is -0.139. The van der Waals surface area contributed by atoms with Gasteiger partial charge in [-0.3, -0.25) is 9.59 Å². The number of rotatable bonds is 7. The lowest BCUT2D eigenvalue weighted by Gasteiger charge is -2.23. The Balaban J connectivity index is 2.06. The Hall–Kier alpha value is -2.22. The van der Waals surface area contributed by atoms with Gasteiger partial charge >= 0.3 is 5.97 Å². The van der Waals surface area contributed by atoms with Crippen LogP contribution >= 0.6 is 11.8 Å². The molecule has 0 bridgehead atoms. The molecule has 0 saturated carbocycles. The van der Waals surface area contributed by atoms with Gasteiger partial charge < -0.3 is 20.1 Å². The maximum Gasteiger partial charge on any atom is 0.341 e. The van der Waals surface area contributed by atoms with Crippen LogP contribution in [0.4, 0.5) is 0 Å². The minimum atomic E-state index is -1.09. The van der Waals surface area contributed by atoms with Gasteiger partial charge in [0, 0.05) is 17.9 Å². The summed E-state index contributed by atoms with van der Waals surface area (Å²) in [5, 5.41) is 11.5. The number of thioether (sulfide) groups is 1. The Morgan fingerprint density at radius 2 is 2.16 bits per heavy atom. The van der Waals surface area contributed by atoms with Crippen molar-refractivity contribution < 1.29 is 24.2 Å². The lowest BCUT2D eigenvalue weighted by Crippen LogP contribution is -2.47. The molecule has 1 fully saturated rings. The fraction of sp³-hybridized carbons (Fsp3) is 0.471. The monoisotopic (exact) mass is 366 g/mol. The van der Waals surface area contributed by atoms with Crippen molar-refractivity contribution in [2.24, 2.45) is 5.92 Å². The molecule has 1 heterocycles. The van der Waals surface area contributed by atoms with Gasteiger partial charge in [-0.25, -0.2) is 4.79 Å². The molecule has 1 saturated heterocycles. The van der Waals surface area contributed by atoms with Crippen LogP contribution in [0.1, 0.15) is 24.2 Å². The number of hydrogen-bond acceptors (Lipinski definition) is 5. The highest BCUT2D eigenvalue weighted by Crippen LogP contribution is 2.24. The van der Waals surface area contributed by atoms with Gasteiger partial charge in [-0.2, -0.15) is 0 Å². The van der Waals surface area contributed by atoms with Gasteiger partial charge in [0.15, 0.2) is 6.61 Å². The molecule has 0 spiro atoms. The molecule has 1 aliphatic heterocycles. The van der Waals surface area contributed by atoms with Crippen molar-refractivity contribution in [3.8, 4) is 5.75 Å². The van der Waals surface area contributed by atoms with Crippen LogP contribution in [0.2, 0.25) is 0 Å². The van der Waals surface area contributed by atoms with Crippen LogP contribution in [0.3, 0.4) is 0 Å². The van der Waals surface area contributed by atoms with Crippen molar-refractivity contribution in [1.82, 2.24) is 10.2 Å². The largest absolute Gasteiger partial charge is 0.482 e. The molecule has 1 aliphatic rings. The zero-order valence-electron chi connectivity index (χ0n) is 14.2. The first-order valence-corrected chi connectivity index (χ1v) is 9.15. The predicted molar refractivity (Wildman–Crippen MR) is 94.7 cm³/mol. The number of amides is 2. The topological polar surface area (TPSA) is 95.9 Å². The third kappa shape index (κ3) is 5.38. The number of ether oxygens (including phenoxy) is 1. The molecule has 1 aromatic rings. The van der Waals surface area contributed by atoms with E-state index in [0.29, 0.717) is 35.4 Å². The van der Waals surface area contributed by atoms with Gasteiger partial charge in [-0.1, -0.05) is 19.9 Å². The molecule has 1 unspecified atom stereocenters. The molecule has 25 heavy (non-hydrogen) atoms. The van der Waals surface area contributed by atoms with Crippen LogP contribution in [-0.4, -0.2) is 58.6 Å². The predicted octanol–water partition coefficient (Wildman–Crippen LogP) is 1.44. The number of aliphatic carboxylic acids is 1. The Kier molecular flexibility index (Phi) is 6.69. The SMILES string of the molecule is CC(C)CNC(=O)C1CSCN1C(=O)c1cccc(OCC(=O)O)c1. The highest BCUT2D eigenvalue weighted by Gasteiger charge is 2.35. The van der Waals surface area contributed by atoms with Gasteiger partial charge in [-0.15, -0.1) is 11.8 Å². The van der Waals surface area contributed by atoms with E-state index in [1.165, 1.54) is 22.7 Å². The third-order valence-corrected chi connectivity index (χ3v) is 4.59. The maximum atomic E-state index is 12.8. The number of carbonyl (C=O) groups is 3. The van der Waals surface area contributed by atoms with E-state index in [2.05, 4.69) is 5.32 Å². The van der Waals surface area contributed by atoms with E-state index >= 15 is 0 Å². The smallest absolute Gasteiger partial charge is 0.341 e. The summed E-state index contributed by atoms with van der Waals surface area (Å²) in [4.78, 5) is 37.2. The molecular formula is C17H22N2O5S. The van der Waals surface area contributed by atoms with Gasteiger partial charge in [-0.05, 0) is 24.1 Å². The number of carboxylic acid groups (broad SMARTS) is 1. The van der Waals surface area contributed by atoms with E-state index < -0.39 is 18.6 Å². The van der Waals surface area contributed by atoms with E-state index in [9.17, 15) is 14.4 Å². The number of hydrogen-bond donors (Lipinski definition) is 2. The first-order chi connectivity index (χ1) is 11.9. The lowest BCUT2D eigenvalue weighted by atomic mass is 10.1. The van der Waals surface area contributed by atoms with Gasteiger partial charge in [0.05, 0.1) is 5.88 Å². The van der Waals surface area contributed by atoms with Crippen molar-refractivity contribution >= 4 is 29.5 Å². The molecule has 2 N–H and O–H groups in total. The molecule has 0 aromatic heterocycles. The summed E-state index contributed by atoms with van der Waals surface area (Å²) in [6, 6.07) is 5.84. The second kappa shape index (κ2) is 8.75. The van der Waals surface area contributed by atoms with Gasteiger partial charge in [0.2, 0.25) is 5.91 Å². The van der Waals surface area contributed by atoms with Crippen molar-refractivity contribution in [1.29, 1.82) is 0 Å². The molecule has 8 heteroatoms. The summed E-state index contributed by atoms with van der Waals surface area (Å²) in [5.41, 5.74) is 0.368. The number of benzene rings is 1. The molecule has 2 rings (SSSR count). The molecule has 2 amide bonds. The average molecular weight is 366 g/mol.